The molecule has 0 saturated carbocycles. The molecule has 3 aromatic rings. The van der Waals surface area contributed by atoms with Gasteiger partial charge in [-0.15, -0.1) is 11.8 Å². The number of unbranched alkanes of at least 4 members (excludes halogenated alkanes) is 1. The highest BCUT2D eigenvalue weighted by Crippen LogP contribution is 2.20. The Bertz CT molecular complexity index is 1200. The predicted molar refractivity (Wildman–Crippen MR) is 153 cm³/mol. The van der Waals surface area contributed by atoms with Gasteiger partial charge in [-0.1, -0.05) is 85.6 Å². The van der Waals surface area contributed by atoms with E-state index in [2.05, 4.69) is 12.2 Å². The maximum absolute atomic E-state index is 13.7. The third kappa shape index (κ3) is 9.03. The van der Waals surface area contributed by atoms with Crippen LogP contribution in [0.3, 0.4) is 0 Å². The fourth-order valence-corrected chi connectivity index (χ4v) is 4.99. The molecule has 0 aliphatic carbocycles. The highest BCUT2D eigenvalue weighted by molar-refractivity contribution is 7.99. The van der Waals surface area contributed by atoms with E-state index in [4.69, 9.17) is 0 Å². The number of nitrogens with one attached hydrogen (secondary N) is 1. The molecule has 0 aliphatic rings. The summed E-state index contributed by atoms with van der Waals surface area (Å²) in [4.78, 5) is 39.3. The normalized spacial score (nSPS) is 11.5. The lowest BCUT2D eigenvalue weighted by molar-refractivity contribution is -0.384. The van der Waals surface area contributed by atoms with Gasteiger partial charge in [0, 0.05) is 37.4 Å². The minimum absolute atomic E-state index is 0.0389. The molecular formula is C30H35N3O4S. The Morgan fingerprint density at radius 1 is 0.974 bits per heavy atom. The minimum atomic E-state index is -0.651. The molecule has 2 amide bonds. The van der Waals surface area contributed by atoms with Crippen LogP contribution in [0.2, 0.25) is 0 Å². The summed E-state index contributed by atoms with van der Waals surface area (Å²) in [7, 11) is 0. The fourth-order valence-electron chi connectivity index (χ4n) is 4.12. The largest absolute Gasteiger partial charge is 0.354 e. The Morgan fingerprint density at radius 2 is 1.68 bits per heavy atom. The molecule has 1 atom stereocenters. The number of carbonyl (C=O) groups is 2. The van der Waals surface area contributed by atoms with Gasteiger partial charge in [0.15, 0.2) is 0 Å². The molecule has 0 aliphatic heterocycles. The quantitative estimate of drug-likeness (QED) is 0.163. The zero-order chi connectivity index (χ0) is 27.3. The molecule has 0 saturated heterocycles. The van der Waals surface area contributed by atoms with Gasteiger partial charge in [-0.25, -0.2) is 0 Å². The van der Waals surface area contributed by atoms with Gasteiger partial charge in [0.05, 0.1) is 10.7 Å². The van der Waals surface area contributed by atoms with Crippen molar-refractivity contribution in [2.45, 2.75) is 51.4 Å². The number of thioether (sulfide) groups is 1. The maximum atomic E-state index is 13.7. The van der Waals surface area contributed by atoms with Crippen molar-refractivity contribution >= 4 is 29.3 Å². The number of hydrogen-bond acceptors (Lipinski definition) is 5. The summed E-state index contributed by atoms with van der Waals surface area (Å²) in [6, 6.07) is 23.5. The highest BCUT2D eigenvalue weighted by Gasteiger charge is 2.30. The second kappa shape index (κ2) is 14.9. The number of rotatable bonds is 14. The maximum Gasteiger partial charge on any atom is 0.269 e. The van der Waals surface area contributed by atoms with Gasteiger partial charge >= 0.3 is 0 Å². The van der Waals surface area contributed by atoms with Gasteiger partial charge in [-0.3, -0.25) is 19.7 Å². The van der Waals surface area contributed by atoms with Gasteiger partial charge in [0.2, 0.25) is 11.8 Å². The zero-order valence-corrected chi connectivity index (χ0v) is 22.8. The van der Waals surface area contributed by atoms with Crippen molar-refractivity contribution in [3.63, 3.8) is 0 Å². The molecule has 0 bridgehead atoms. The Morgan fingerprint density at radius 3 is 2.34 bits per heavy atom. The van der Waals surface area contributed by atoms with Crippen molar-refractivity contribution in [2.75, 3.05) is 12.3 Å². The molecule has 200 valence electrons. The van der Waals surface area contributed by atoms with Crippen LogP contribution in [0.5, 0.6) is 0 Å². The first-order chi connectivity index (χ1) is 18.4. The molecule has 0 unspecified atom stereocenters. The smallest absolute Gasteiger partial charge is 0.269 e. The van der Waals surface area contributed by atoms with Crippen LogP contribution in [-0.2, 0) is 28.3 Å². The van der Waals surface area contributed by atoms with Gasteiger partial charge in [0.1, 0.15) is 6.04 Å². The molecule has 0 fully saturated rings. The number of non-ortho nitro benzene ring substituents is 1. The first-order valence-electron chi connectivity index (χ1n) is 12.8. The summed E-state index contributed by atoms with van der Waals surface area (Å²) in [6.45, 7) is 4.98. The van der Waals surface area contributed by atoms with Crippen LogP contribution >= 0.6 is 11.8 Å². The predicted octanol–water partition coefficient (Wildman–Crippen LogP) is 5.69. The van der Waals surface area contributed by atoms with Crippen molar-refractivity contribution < 1.29 is 14.5 Å². The molecular weight excluding hydrogens is 498 g/mol. The molecule has 3 aromatic carbocycles. The number of aryl methyl sites for hydroxylation is 1. The van der Waals surface area contributed by atoms with Crippen LogP contribution in [0.1, 0.15) is 42.0 Å². The molecule has 7 nitrogen and oxygen atoms in total. The lowest BCUT2D eigenvalue weighted by atomic mass is 10.0. The molecule has 0 radical (unpaired) electrons. The number of hydrogen-bond donors (Lipinski definition) is 1. The van der Waals surface area contributed by atoms with Gasteiger partial charge < -0.3 is 10.2 Å². The van der Waals surface area contributed by atoms with Crippen LogP contribution in [0.4, 0.5) is 5.69 Å². The second-order valence-corrected chi connectivity index (χ2v) is 10.3. The second-order valence-electron chi connectivity index (χ2n) is 9.28. The van der Waals surface area contributed by atoms with Gasteiger partial charge in [0.25, 0.3) is 5.69 Å². The van der Waals surface area contributed by atoms with Crippen molar-refractivity contribution in [1.82, 2.24) is 10.2 Å². The Balaban J connectivity index is 1.80. The Hall–Kier alpha value is -3.65. The summed E-state index contributed by atoms with van der Waals surface area (Å²) in [6.07, 6.45) is 2.26. The fraction of sp³-hybridized carbons (Fsp3) is 0.333. The van der Waals surface area contributed by atoms with Crippen molar-refractivity contribution in [1.29, 1.82) is 0 Å². The lowest BCUT2D eigenvalue weighted by Gasteiger charge is -2.31. The van der Waals surface area contributed by atoms with E-state index in [0.29, 0.717) is 25.3 Å². The first-order valence-corrected chi connectivity index (χ1v) is 14.0. The summed E-state index contributed by atoms with van der Waals surface area (Å²) in [5.41, 5.74) is 3.99. The molecule has 3 rings (SSSR count). The van der Waals surface area contributed by atoms with E-state index < -0.39 is 11.0 Å². The van der Waals surface area contributed by atoms with Crippen LogP contribution < -0.4 is 5.32 Å². The average Bonchev–Trinajstić information content (AvgIpc) is 2.91. The van der Waals surface area contributed by atoms with Crippen LogP contribution in [0.15, 0.2) is 78.9 Å². The van der Waals surface area contributed by atoms with E-state index >= 15 is 0 Å². The van der Waals surface area contributed by atoms with Crippen molar-refractivity contribution in [3.8, 4) is 0 Å². The minimum Gasteiger partial charge on any atom is -0.354 e. The molecule has 38 heavy (non-hydrogen) atoms. The average molecular weight is 534 g/mol. The van der Waals surface area contributed by atoms with E-state index in [9.17, 15) is 19.7 Å². The van der Waals surface area contributed by atoms with E-state index in [-0.39, 0.29) is 23.3 Å². The van der Waals surface area contributed by atoms with Gasteiger partial charge in [-0.2, -0.15) is 0 Å². The van der Waals surface area contributed by atoms with Crippen LogP contribution in [0.25, 0.3) is 0 Å². The summed E-state index contributed by atoms with van der Waals surface area (Å²) in [5.74, 6) is 0.457. The molecule has 0 aromatic heterocycles. The standard InChI is InChI=1S/C30H35N3O4S/c1-3-4-17-31-30(35)28(19-24-10-6-5-7-11-24)32(20-26-12-8-9-23(2)18-26)29(34)22-38-21-25-13-15-27(16-14-25)33(36)37/h5-16,18,28H,3-4,17,19-22H2,1-2H3,(H,31,35)/t28-/m0/s1. The monoisotopic (exact) mass is 533 g/mol. The first kappa shape index (κ1) is 28.9. The summed E-state index contributed by atoms with van der Waals surface area (Å²) >= 11 is 1.43. The van der Waals surface area contributed by atoms with Gasteiger partial charge in [-0.05, 0) is 30.0 Å². The Labute approximate surface area is 228 Å². The topological polar surface area (TPSA) is 92.6 Å². The van der Waals surface area contributed by atoms with E-state index in [1.807, 2.05) is 61.5 Å². The number of nitro groups is 1. The van der Waals surface area contributed by atoms with E-state index in [0.717, 1.165) is 35.1 Å². The summed E-state index contributed by atoms with van der Waals surface area (Å²) < 4.78 is 0. The Kier molecular flexibility index (Phi) is 11.4. The third-order valence-corrected chi connectivity index (χ3v) is 7.17. The van der Waals surface area contributed by atoms with Crippen LogP contribution in [0, 0.1) is 17.0 Å². The SMILES string of the molecule is CCCCNC(=O)[C@H](Cc1ccccc1)N(Cc1cccc(C)c1)C(=O)CSCc1ccc([N+](=O)[O-])cc1. The third-order valence-electron chi connectivity index (χ3n) is 6.18. The number of nitro benzene ring substituents is 1. The van der Waals surface area contributed by atoms with E-state index in [1.54, 1.807) is 17.0 Å². The number of nitrogens with zero attached hydrogens (tertiary/aromatic N) is 2. The molecule has 0 spiro atoms. The van der Waals surface area contributed by atoms with Crippen LogP contribution in [-0.4, -0.2) is 40.0 Å². The number of benzene rings is 3. The van der Waals surface area contributed by atoms with Crippen molar-refractivity contribution in [2.24, 2.45) is 0 Å². The molecule has 8 heteroatoms. The van der Waals surface area contributed by atoms with E-state index in [1.165, 1.54) is 23.9 Å². The zero-order valence-electron chi connectivity index (χ0n) is 22.0. The molecule has 0 heterocycles. The van der Waals surface area contributed by atoms with Crippen molar-refractivity contribution in [3.05, 3.63) is 111 Å². The number of carbonyl (C=O) groups excluding carboxylic acids is 2. The molecule has 1 N–H and O–H groups in total. The summed E-state index contributed by atoms with van der Waals surface area (Å²) in [5, 5.41) is 13.9. The number of amides is 2. The highest BCUT2D eigenvalue weighted by atomic mass is 32.2. The lowest BCUT2D eigenvalue weighted by Crippen LogP contribution is -2.51.